The van der Waals surface area contributed by atoms with Crippen LogP contribution in [0.5, 0.6) is 0 Å². The van der Waals surface area contributed by atoms with Crippen LogP contribution in [0.15, 0.2) is 59.7 Å². The lowest BCUT2D eigenvalue weighted by molar-refractivity contribution is -0.0159. The van der Waals surface area contributed by atoms with Crippen molar-refractivity contribution in [3.63, 3.8) is 0 Å². The fourth-order valence-corrected chi connectivity index (χ4v) is 2.85. The molecule has 0 amide bonds. The van der Waals surface area contributed by atoms with Crippen molar-refractivity contribution >= 4 is 11.6 Å². The molecule has 1 fully saturated rings. The third-order valence-electron chi connectivity index (χ3n) is 4.10. The van der Waals surface area contributed by atoms with Crippen molar-refractivity contribution < 1.29 is 9.15 Å². The van der Waals surface area contributed by atoms with Crippen LogP contribution in [0.4, 0.5) is 11.6 Å². The molecule has 3 aromatic heterocycles. The zero-order chi connectivity index (χ0) is 16.9. The van der Waals surface area contributed by atoms with Crippen molar-refractivity contribution in [1.29, 1.82) is 0 Å². The minimum absolute atomic E-state index is 0.00846. The number of nitrogens with zero attached hydrogens (tertiary/aromatic N) is 4. The molecule has 25 heavy (non-hydrogen) atoms. The number of furan rings is 1. The van der Waals surface area contributed by atoms with Crippen molar-refractivity contribution in [3.8, 4) is 0 Å². The molecule has 1 saturated heterocycles. The van der Waals surface area contributed by atoms with E-state index < -0.39 is 0 Å². The van der Waals surface area contributed by atoms with Crippen molar-refractivity contribution in [2.75, 3.05) is 25.1 Å². The third kappa shape index (κ3) is 3.84. The smallest absolute Gasteiger partial charge is 0.150 e. The molecule has 1 aliphatic rings. The fraction of sp³-hybridized carbons (Fsp3) is 0.278. The standard InChI is InChI=1S/C18H19N5O2/c1-2-6-19-16(3-1)21-17-4-7-20-18(22-17)15-13-25-10-8-23(15)11-14-5-9-24-12-14/h1-7,9,12,15H,8,10-11,13H2,(H,19,20,21,22). The number of hydrogen-bond acceptors (Lipinski definition) is 7. The summed E-state index contributed by atoms with van der Waals surface area (Å²) in [5.41, 5.74) is 1.13. The normalized spacial score (nSPS) is 18.2. The van der Waals surface area contributed by atoms with Gasteiger partial charge in [0.15, 0.2) is 0 Å². The van der Waals surface area contributed by atoms with E-state index in [0.29, 0.717) is 13.2 Å². The van der Waals surface area contributed by atoms with Gasteiger partial charge in [0.25, 0.3) is 0 Å². The first-order valence-electron chi connectivity index (χ1n) is 8.22. The second kappa shape index (κ2) is 7.42. The number of morpholine rings is 1. The lowest BCUT2D eigenvalue weighted by Crippen LogP contribution is -2.39. The highest BCUT2D eigenvalue weighted by atomic mass is 16.5. The Morgan fingerprint density at radius 3 is 2.96 bits per heavy atom. The fourth-order valence-electron chi connectivity index (χ4n) is 2.85. The lowest BCUT2D eigenvalue weighted by Gasteiger charge is -2.34. The van der Waals surface area contributed by atoms with Gasteiger partial charge in [-0.25, -0.2) is 15.0 Å². The summed E-state index contributed by atoms with van der Waals surface area (Å²) >= 11 is 0. The maximum atomic E-state index is 5.67. The van der Waals surface area contributed by atoms with Crippen LogP contribution in [0.3, 0.4) is 0 Å². The Morgan fingerprint density at radius 1 is 1.12 bits per heavy atom. The molecule has 3 aromatic rings. The van der Waals surface area contributed by atoms with Gasteiger partial charge in [0, 0.05) is 31.0 Å². The number of ether oxygens (including phenoxy) is 1. The van der Waals surface area contributed by atoms with Crippen LogP contribution in [0.1, 0.15) is 17.4 Å². The van der Waals surface area contributed by atoms with Crippen LogP contribution >= 0.6 is 0 Å². The topological polar surface area (TPSA) is 76.3 Å². The molecule has 1 aliphatic heterocycles. The van der Waals surface area contributed by atoms with Gasteiger partial charge in [-0.3, -0.25) is 4.90 Å². The first-order chi connectivity index (χ1) is 12.4. The third-order valence-corrected chi connectivity index (χ3v) is 4.10. The maximum absolute atomic E-state index is 5.67. The number of hydrogen-bond donors (Lipinski definition) is 1. The zero-order valence-corrected chi connectivity index (χ0v) is 13.7. The predicted molar refractivity (Wildman–Crippen MR) is 92.2 cm³/mol. The van der Waals surface area contributed by atoms with Crippen molar-refractivity contribution in [3.05, 3.63) is 66.6 Å². The summed E-state index contributed by atoms with van der Waals surface area (Å²) in [6, 6.07) is 9.53. The van der Waals surface area contributed by atoms with Gasteiger partial charge in [0.1, 0.15) is 17.5 Å². The first-order valence-corrected chi connectivity index (χ1v) is 8.22. The van der Waals surface area contributed by atoms with Crippen LogP contribution in [0.2, 0.25) is 0 Å². The Kier molecular flexibility index (Phi) is 4.67. The molecule has 0 aromatic carbocycles. The zero-order valence-electron chi connectivity index (χ0n) is 13.7. The van der Waals surface area contributed by atoms with Crippen LogP contribution < -0.4 is 5.32 Å². The summed E-state index contributed by atoms with van der Waals surface area (Å²) in [6.07, 6.45) is 6.97. The number of pyridine rings is 1. The lowest BCUT2D eigenvalue weighted by atomic mass is 10.2. The highest BCUT2D eigenvalue weighted by Gasteiger charge is 2.27. The number of anilines is 2. The molecule has 1 unspecified atom stereocenters. The number of rotatable bonds is 5. The molecule has 0 radical (unpaired) electrons. The Morgan fingerprint density at radius 2 is 2.12 bits per heavy atom. The van der Waals surface area contributed by atoms with Gasteiger partial charge in [-0.05, 0) is 24.3 Å². The summed E-state index contributed by atoms with van der Waals surface area (Å²) in [5.74, 6) is 2.21. The molecule has 4 heterocycles. The van der Waals surface area contributed by atoms with E-state index in [9.17, 15) is 0 Å². The first kappa shape index (κ1) is 15.7. The molecule has 7 nitrogen and oxygen atoms in total. The van der Waals surface area contributed by atoms with E-state index in [0.717, 1.165) is 36.1 Å². The Labute approximate surface area is 145 Å². The molecule has 0 spiro atoms. The summed E-state index contributed by atoms with van der Waals surface area (Å²) in [5, 5.41) is 3.21. The second-order valence-electron chi connectivity index (χ2n) is 5.83. The van der Waals surface area contributed by atoms with E-state index in [1.54, 1.807) is 24.9 Å². The van der Waals surface area contributed by atoms with E-state index in [1.807, 2.05) is 30.3 Å². The molecule has 1 atom stereocenters. The van der Waals surface area contributed by atoms with Crippen LogP contribution in [-0.4, -0.2) is 39.6 Å². The highest BCUT2D eigenvalue weighted by molar-refractivity contribution is 5.50. The van der Waals surface area contributed by atoms with Crippen molar-refractivity contribution in [2.45, 2.75) is 12.6 Å². The van der Waals surface area contributed by atoms with Crippen LogP contribution in [-0.2, 0) is 11.3 Å². The van der Waals surface area contributed by atoms with Gasteiger partial charge < -0.3 is 14.5 Å². The molecule has 128 valence electrons. The monoisotopic (exact) mass is 337 g/mol. The van der Waals surface area contributed by atoms with E-state index in [2.05, 4.69) is 25.2 Å². The number of nitrogens with one attached hydrogen (secondary N) is 1. The SMILES string of the molecule is c1ccc(Nc2ccnc(C3COCCN3Cc3ccoc3)n2)nc1. The minimum atomic E-state index is 0.00846. The van der Waals surface area contributed by atoms with Gasteiger partial charge in [0.05, 0.1) is 31.8 Å². The van der Waals surface area contributed by atoms with Crippen LogP contribution in [0.25, 0.3) is 0 Å². The predicted octanol–water partition coefficient (Wildman–Crippen LogP) is 2.78. The number of aromatic nitrogens is 3. The van der Waals surface area contributed by atoms with Crippen molar-refractivity contribution in [2.24, 2.45) is 0 Å². The molecule has 0 bridgehead atoms. The van der Waals surface area contributed by atoms with Crippen molar-refractivity contribution in [1.82, 2.24) is 19.9 Å². The van der Waals surface area contributed by atoms with Gasteiger partial charge >= 0.3 is 0 Å². The average Bonchev–Trinajstić information content (AvgIpc) is 3.16. The molecule has 1 N–H and O–H groups in total. The quantitative estimate of drug-likeness (QED) is 0.767. The van der Waals surface area contributed by atoms with E-state index in [1.165, 1.54) is 0 Å². The van der Waals surface area contributed by atoms with Gasteiger partial charge in [0.2, 0.25) is 0 Å². The summed E-state index contributed by atoms with van der Waals surface area (Å²) in [7, 11) is 0. The second-order valence-corrected chi connectivity index (χ2v) is 5.83. The summed E-state index contributed by atoms with van der Waals surface area (Å²) in [4.78, 5) is 15.7. The largest absolute Gasteiger partial charge is 0.472 e. The summed E-state index contributed by atoms with van der Waals surface area (Å²) < 4.78 is 10.8. The molecular formula is C18H19N5O2. The average molecular weight is 337 g/mol. The maximum Gasteiger partial charge on any atom is 0.150 e. The molecule has 7 heteroatoms. The molecule has 4 rings (SSSR count). The van der Waals surface area contributed by atoms with Gasteiger partial charge in [-0.15, -0.1) is 0 Å². The van der Waals surface area contributed by atoms with Gasteiger partial charge in [-0.1, -0.05) is 6.07 Å². The van der Waals surface area contributed by atoms with E-state index in [4.69, 9.17) is 9.15 Å². The van der Waals surface area contributed by atoms with E-state index >= 15 is 0 Å². The Hall–Kier alpha value is -2.77. The highest BCUT2D eigenvalue weighted by Crippen LogP contribution is 2.24. The Balaban J connectivity index is 1.53. The van der Waals surface area contributed by atoms with E-state index in [-0.39, 0.29) is 6.04 Å². The molecule has 0 saturated carbocycles. The van der Waals surface area contributed by atoms with Gasteiger partial charge in [-0.2, -0.15) is 0 Å². The Bertz CT molecular complexity index is 794. The molecular weight excluding hydrogens is 318 g/mol. The molecule has 0 aliphatic carbocycles. The summed E-state index contributed by atoms with van der Waals surface area (Å²) in [6.45, 7) is 2.90. The minimum Gasteiger partial charge on any atom is -0.472 e. The van der Waals surface area contributed by atoms with Crippen LogP contribution in [0, 0.1) is 0 Å².